The molecule has 3 rings (SSSR count). The molecule has 2 heterocycles. The fourth-order valence-electron chi connectivity index (χ4n) is 3.25. The molecule has 1 N–H and O–H groups in total. The summed E-state index contributed by atoms with van der Waals surface area (Å²) in [7, 11) is -1.92. The first-order valence-electron chi connectivity index (χ1n) is 9.72. The molecule has 0 spiro atoms. The summed E-state index contributed by atoms with van der Waals surface area (Å²) < 4.78 is 28.5. The zero-order valence-electron chi connectivity index (χ0n) is 17.4. The number of hydrogen-bond donors (Lipinski definition) is 1. The first kappa shape index (κ1) is 21.3. The third-order valence-electron chi connectivity index (χ3n) is 5.03. The van der Waals surface area contributed by atoms with Gasteiger partial charge in [-0.15, -0.1) is 0 Å². The molecule has 29 heavy (non-hydrogen) atoms. The zero-order valence-corrected chi connectivity index (χ0v) is 18.2. The summed E-state index contributed by atoms with van der Waals surface area (Å²) in [6.07, 6.45) is 3.53. The molecule has 1 fully saturated rings. The molecule has 0 saturated carbocycles. The fourth-order valence-corrected chi connectivity index (χ4v) is 4.68. The standard InChI is InChI=1S/C20H29N5O3S/c1-20(2,3)16-6-8-17(9-7-16)22-19(26)24-10-5-11-25(13-12-24)29(27,28)18-14-23(4)15-21-18/h6-9,14-15H,5,10-13H2,1-4H3,(H,22,26). The van der Waals surface area contributed by atoms with Crippen molar-refractivity contribution in [1.82, 2.24) is 18.8 Å². The van der Waals surface area contributed by atoms with E-state index in [1.54, 1.807) is 16.5 Å². The van der Waals surface area contributed by atoms with Crippen LogP contribution in [0.3, 0.4) is 0 Å². The number of benzene rings is 1. The molecule has 0 radical (unpaired) electrons. The van der Waals surface area contributed by atoms with Crippen LogP contribution in [-0.4, -0.2) is 59.4 Å². The van der Waals surface area contributed by atoms with Crippen LogP contribution in [0, 0.1) is 0 Å². The van der Waals surface area contributed by atoms with E-state index in [9.17, 15) is 13.2 Å². The van der Waals surface area contributed by atoms with Crippen LogP contribution in [0.15, 0.2) is 41.8 Å². The van der Waals surface area contributed by atoms with E-state index < -0.39 is 10.0 Å². The van der Waals surface area contributed by atoms with Gasteiger partial charge in [-0.05, 0) is 29.5 Å². The van der Waals surface area contributed by atoms with Crippen LogP contribution in [0.25, 0.3) is 0 Å². The maximum absolute atomic E-state index is 12.8. The molecule has 1 aliphatic rings. The van der Waals surface area contributed by atoms with Crippen molar-refractivity contribution in [2.45, 2.75) is 37.6 Å². The van der Waals surface area contributed by atoms with E-state index in [4.69, 9.17) is 0 Å². The third-order valence-corrected chi connectivity index (χ3v) is 6.81. The van der Waals surface area contributed by atoms with E-state index in [1.807, 2.05) is 24.3 Å². The number of nitrogens with zero attached hydrogens (tertiary/aromatic N) is 4. The molecule has 0 bridgehead atoms. The van der Waals surface area contributed by atoms with Gasteiger partial charge in [-0.2, -0.15) is 4.31 Å². The van der Waals surface area contributed by atoms with Crippen molar-refractivity contribution >= 4 is 21.7 Å². The van der Waals surface area contributed by atoms with E-state index in [2.05, 4.69) is 31.1 Å². The molecular weight excluding hydrogens is 390 g/mol. The fraction of sp³-hybridized carbons (Fsp3) is 0.500. The lowest BCUT2D eigenvalue weighted by Gasteiger charge is -2.22. The molecule has 2 amide bonds. The summed E-state index contributed by atoms with van der Waals surface area (Å²) in [6.45, 7) is 7.87. The average molecular weight is 420 g/mol. The van der Waals surface area contributed by atoms with Crippen LogP contribution in [0.2, 0.25) is 0 Å². The van der Waals surface area contributed by atoms with Crippen LogP contribution in [0.1, 0.15) is 32.8 Å². The number of nitrogens with one attached hydrogen (secondary N) is 1. The van der Waals surface area contributed by atoms with Crippen molar-refractivity contribution < 1.29 is 13.2 Å². The maximum Gasteiger partial charge on any atom is 0.321 e. The van der Waals surface area contributed by atoms with Crippen LogP contribution in [-0.2, 0) is 22.5 Å². The summed E-state index contributed by atoms with van der Waals surface area (Å²) in [5, 5.41) is 2.95. The Balaban J connectivity index is 1.62. The van der Waals surface area contributed by atoms with Gasteiger partial charge in [-0.25, -0.2) is 18.2 Å². The molecule has 158 valence electrons. The van der Waals surface area contributed by atoms with Gasteiger partial charge in [-0.3, -0.25) is 0 Å². The minimum absolute atomic E-state index is 0.0387. The van der Waals surface area contributed by atoms with Crippen LogP contribution in [0.5, 0.6) is 0 Å². The lowest BCUT2D eigenvalue weighted by atomic mass is 9.87. The quantitative estimate of drug-likeness (QED) is 0.828. The Morgan fingerprint density at radius 3 is 2.34 bits per heavy atom. The number of anilines is 1. The predicted molar refractivity (Wildman–Crippen MR) is 112 cm³/mol. The molecule has 1 aromatic heterocycles. The second-order valence-corrected chi connectivity index (χ2v) is 10.3. The summed E-state index contributed by atoms with van der Waals surface area (Å²) in [6, 6.07) is 7.60. The second kappa shape index (κ2) is 8.16. The molecule has 0 atom stereocenters. The Bertz CT molecular complexity index is 961. The topological polar surface area (TPSA) is 87.5 Å². The zero-order chi connectivity index (χ0) is 21.2. The molecule has 8 nitrogen and oxygen atoms in total. The minimum atomic E-state index is -3.65. The number of carbonyl (C=O) groups excluding carboxylic acids is 1. The molecule has 1 aromatic carbocycles. The van der Waals surface area contributed by atoms with Gasteiger partial charge in [0.15, 0.2) is 5.03 Å². The number of hydrogen-bond acceptors (Lipinski definition) is 4. The lowest BCUT2D eigenvalue weighted by Crippen LogP contribution is -2.39. The molecule has 9 heteroatoms. The second-order valence-electron chi connectivity index (χ2n) is 8.38. The predicted octanol–water partition coefficient (Wildman–Crippen LogP) is 2.65. The van der Waals surface area contributed by atoms with Crippen molar-refractivity contribution in [3.05, 3.63) is 42.4 Å². The largest absolute Gasteiger partial charge is 0.339 e. The molecule has 2 aromatic rings. The van der Waals surface area contributed by atoms with E-state index in [1.165, 1.54) is 22.4 Å². The van der Waals surface area contributed by atoms with Crippen molar-refractivity contribution in [2.75, 3.05) is 31.5 Å². The highest BCUT2D eigenvalue weighted by atomic mass is 32.2. The van der Waals surface area contributed by atoms with Gasteiger partial charge in [0.2, 0.25) is 0 Å². The number of carbonyl (C=O) groups is 1. The number of aromatic nitrogens is 2. The third kappa shape index (κ3) is 4.97. The van der Waals surface area contributed by atoms with Crippen molar-refractivity contribution in [3.8, 4) is 0 Å². The molecule has 0 unspecified atom stereocenters. The van der Waals surface area contributed by atoms with Gasteiger partial charge in [0.1, 0.15) is 0 Å². The number of urea groups is 1. The Labute approximate surface area is 172 Å². The van der Waals surface area contributed by atoms with Gasteiger partial charge in [0.25, 0.3) is 10.0 Å². The van der Waals surface area contributed by atoms with Gasteiger partial charge in [0, 0.05) is 45.1 Å². The van der Waals surface area contributed by atoms with E-state index in [0.717, 1.165) is 5.69 Å². The van der Waals surface area contributed by atoms with Crippen molar-refractivity contribution in [2.24, 2.45) is 7.05 Å². The smallest absolute Gasteiger partial charge is 0.321 e. The SMILES string of the molecule is Cn1cnc(S(=O)(=O)N2CCCN(C(=O)Nc3ccc(C(C)(C)C)cc3)CC2)c1. The number of aryl methyl sites for hydroxylation is 1. The first-order chi connectivity index (χ1) is 13.6. The Kier molecular flexibility index (Phi) is 6.00. The van der Waals surface area contributed by atoms with Crippen LogP contribution < -0.4 is 5.32 Å². The number of sulfonamides is 1. The highest BCUT2D eigenvalue weighted by Gasteiger charge is 2.29. The Morgan fingerprint density at radius 2 is 1.76 bits per heavy atom. The highest BCUT2D eigenvalue weighted by molar-refractivity contribution is 7.89. The van der Waals surface area contributed by atoms with Crippen LogP contribution in [0.4, 0.5) is 10.5 Å². The number of rotatable bonds is 3. The van der Waals surface area contributed by atoms with E-state index in [-0.39, 0.29) is 23.0 Å². The molecule has 1 aliphatic heterocycles. The monoisotopic (exact) mass is 419 g/mol. The normalized spacial score (nSPS) is 16.5. The summed E-state index contributed by atoms with van der Waals surface area (Å²) in [5.74, 6) is 0. The van der Waals surface area contributed by atoms with Gasteiger partial charge < -0.3 is 14.8 Å². The van der Waals surface area contributed by atoms with Crippen molar-refractivity contribution in [1.29, 1.82) is 0 Å². The minimum Gasteiger partial charge on any atom is -0.339 e. The van der Waals surface area contributed by atoms with Gasteiger partial charge in [0.05, 0.1) is 6.33 Å². The highest BCUT2D eigenvalue weighted by Crippen LogP contribution is 2.23. The molecule has 1 saturated heterocycles. The van der Waals surface area contributed by atoms with Crippen LogP contribution >= 0.6 is 0 Å². The summed E-state index contributed by atoms with van der Waals surface area (Å²) in [4.78, 5) is 18.3. The Morgan fingerprint density at radius 1 is 1.07 bits per heavy atom. The van der Waals surface area contributed by atoms with E-state index >= 15 is 0 Å². The molecule has 0 aliphatic carbocycles. The van der Waals surface area contributed by atoms with E-state index in [0.29, 0.717) is 26.1 Å². The number of imidazole rings is 1. The average Bonchev–Trinajstić information content (AvgIpc) is 2.94. The van der Waals surface area contributed by atoms with Crippen molar-refractivity contribution in [3.63, 3.8) is 0 Å². The molecular formula is C20H29N5O3S. The van der Waals surface area contributed by atoms with Gasteiger partial charge >= 0.3 is 6.03 Å². The van der Waals surface area contributed by atoms with Gasteiger partial charge in [-0.1, -0.05) is 32.9 Å². The maximum atomic E-state index is 12.8. The summed E-state index contributed by atoms with van der Waals surface area (Å²) in [5.41, 5.74) is 1.97. The lowest BCUT2D eigenvalue weighted by molar-refractivity contribution is 0.214. The summed E-state index contributed by atoms with van der Waals surface area (Å²) >= 11 is 0. The first-order valence-corrected chi connectivity index (χ1v) is 11.2. The Hall–Kier alpha value is -2.39. The number of amides is 2.